The Balaban J connectivity index is 2.13. The van der Waals surface area contributed by atoms with E-state index in [1.165, 1.54) is 18.4 Å². The van der Waals surface area contributed by atoms with Gasteiger partial charge >= 0.3 is 0 Å². The molecule has 0 saturated carbocycles. The number of likely N-dealkylation sites (tertiary alicyclic amines) is 1. The van der Waals surface area contributed by atoms with E-state index in [-0.39, 0.29) is 5.66 Å². The summed E-state index contributed by atoms with van der Waals surface area (Å²) in [6, 6.07) is 6.15. The Kier molecular flexibility index (Phi) is 5.48. The molecule has 1 aromatic carbocycles. The van der Waals surface area contributed by atoms with Crippen molar-refractivity contribution in [3.63, 3.8) is 0 Å². The van der Waals surface area contributed by atoms with Gasteiger partial charge in [0.05, 0.1) is 18.9 Å². The van der Waals surface area contributed by atoms with Crippen LogP contribution in [-0.2, 0) is 6.42 Å². The molecule has 0 amide bonds. The van der Waals surface area contributed by atoms with Crippen LogP contribution in [0.4, 0.5) is 0 Å². The topological polar surface area (TPSA) is 47.7 Å². The SMILES string of the molecule is CCOc1ccc(CC(C)(N)N2CCCC2)cc1OCC. The minimum absolute atomic E-state index is 0.298. The van der Waals surface area contributed by atoms with Gasteiger partial charge < -0.3 is 15.2 Å². The first-order chi connectivity index (χ1) is 10.1. The first-order valence-corrected chi connectivity index (χ1v) is 7.99. The highest BCUT2D eigenvalue weighted by Crippen LogP contribution is 2.30. The molecule has 1 aliphatic rings. The molecule has 118 valence electrons. The van der Waals surface area contributed by atoms with Crippen molar-refractivity contribution in [2.24, 2.45) is 5.73 Å². The number of nitrogens with zero attached hydrogens (tertiary/aromatic N) is 1. The second-order valence-corrected chi connectivity index (χ2v) is 5.88. The second-order valence-electron chi connectivity index (χ2n) is 5.88. The molecule has 4 nitrogen and oxygen atoms in total. The summed E-state index contributed by atoms with van der Waals surface area (Å²) in [6.07, 6.45) is 3.32. The maximum Gasteiger partial charge on any atom is 0.161 e. The van der Waals surface area contributed by atoms with E-state index in [4.69, 9.17) is 15.2 Å². The van der Waals surface area contributed by atoms with Crippen LogP contribution in [0.15, 0.2) is 18.2 Å². The zero-order chi connectivity index (χ0) is 15.3. The Bertz CT molecular complexity index is 454. The minimum Gasteiger partial charge on any atom is -0.490 e. The fourth-order valence-corrected chi connectivity index (χ4v) is 2.96. The third kappa shape index (κ3) is 4.11. The summed E-state index contributed by atoms with van der Waals surface area (Å²) in [5, 5.41) is 0. The molecular formula is C17H28N2O2. The Hall–Kier alpha value is -1.26. The lowest BCUT2D eigenvalue weighted by Crippen LogP contribution is -2.53. The van der Waals surface area contributed by atoms with Crippen molar-refractivity contribution in [3.8, 4) is 11.5 Å². The number of rotatable bonds is 7. The Morgan fingerprint density at radius 1 is 1.10 bits per heavy atom. The summed E-state index contributed by atoms with van der Waals surface area (Å²) in [5.74, 6) is 1.62. The summed E-state index contributed by atoms with van der Waals surface area (Å²) in [4.78, 5) is 2.38. The quantitative estimate of drug-likeness (QED) is 0.839. The van der Waals surface area contributed by atoms with Crippen LogP contribution in [-0.4, -0.2) is 36.9 Å². The average molecular weight is 292 g/mol. The van der Waals surface area contributed by atoms with E-state index in [1.54, 1.807) is 0 Å². The monoisotopic (exact) mass is 292 g/mol. The molecular weight excluding hydrogens is 264 g/mol. The van der Waals surface area contributed by atoms with Gasteiger partial charge in [0.1, 0.15) is 0 Å². The predicted octanol–water partition coefficient (Wildman–Crippen LogP) is 2.80. The highest BCUT2D eigenvalue weighted by atomic mass is 16.5. The summed E-state index contributed by atoms with van der Waals surface area (Å²) in [6.45, 7) is 9.56. The minimum atomic E-state index is -0.298. The van der Waals surface area contributed by atoms with Gasteiger partial charge in [-0.15, -0.1) is 0 Å². The highest BCUT2D eigenvalue weighted by Gasteiger charge is 2.29. The Labute approximate surface area is 128 Å². The molecule has 2 rings (SSSR count). The van der Waals surface area contributed by atoms with Crippen molar-refractivity contribution in [1.82, 2.24) is 4.90 Å². The zero-order valence-electron chi connectivity index (χ0n) is 13.5. The van der Waals surface area contributed by atoms with E-state index in [2.05, 4.69) is 24.0 Å². The van der Waals surface area contributed by atoms with E-state index in [0.717, 1.165) is 31.0 Å². The Morgan fingerprint density at radius 3 is 2.33 bits per heavy atom. The van der Waals surface area contributed by atoms with Crippen LogP contribution in [0.1, 0.15) is 39.2 Å². The van der Waals surface area contributed by atoms with Gasteiger partial charge in [0, 0.05) is 6.42 Å². The maximum atomic E-state index is 6.53. The molecule has 21 heavy (non-hydrogen) atoms. The third-order valence-corrected chi connectivity index (χ3v) is 4.00. The molecule has 1 aromatic rings. The molecule has 4 heteroatoms. The number of hydrogen-bond donors (Lipinski definition) is 1. The van der Waals surface area contributed by atoms with Gasteiger partial charge in [-0.1, -0.05) is 6.07 Å². The van der Waals surface area contributed by atoms with Crippen molar-refractivity contribution in [2.45, 2.75) is 45.7 Å². The largest absolute Gasteiger partial charge is 0.490 e. The average Bonchev–Trinajstić information content (AvgIpc) is 2.97. The van der Waals surface area contributed by atoms with Crippen LogP contribution in [0, 0.1) is 0 Å². The standard InChI is InChI=1S/C17H28N2O2/c1-4-20-15-9-8-14(12-16(15)21-5-2)13-17(3,18)19-10-6-7-11-19/h8-9,12H,4-7,10-11,13,18H2,1-3H3. The van der Waals surface area contributed by atoms with Crippen molar-refractivity contribution >= 4 is 0 Å². The van der Waals surface area contributed by atoms with E-state index < -0.39 is 0 Å². The van der Waals surface area contributed by atoms with Crippen LogP contribution < -0.4 is 15.2 Å². The van der Waals surface area contributed by atoms with Gasteiger partial charge in [0.2, 0.25) is 0 Å². The molecule has 1 unspecified atom stereocenters. The summed E-state index contributed by atoms with van der Waals surface area (Å²) in [7, 11) is 0. The molecule has 1 heterocycles. The first kappa shape index (κ1) is 16.1. The lowest BCUT2D eigenvalue weighted by atomic mass is 10.00. The van der Waals surface area contributed by atoms with Crippen LogP contribution in [0.3, 0.4) is 0 Å². The summed E-state index contributed by atoms with van der Waals surface area (Å²) < 4.78 is 11.3. The van der Waals surface area contributed by atoms with Gasteiger partial charge in [0.25, 0.3) is 0 Å². The lowest BCUT2D eigenvalue weighted by Gasteiger charge is -2.35. The fraction of sp³-hybridized carbons (Fsp3) is 0.647. The molecule has 0 radical (unpaired) electrons. The molecule has 0 aromatic heterocycles. The van der Waals surface area contributed by atoms with E-state index in [9.17, 15) is 0 Å². The van der Waals surface area contributed by atoms with Crippen molar-refractivity contribution in [1.29, 1.82) is 0 Å². The molecule has 1 fully saturated rings. The van der Waals surface area contributed by atoms with Crippen LogP contribution in [0.5, 0.6) is 11.5 Å². The second kappa shape index (κ2) is 7.14. The fourth-order valence-electron chi connectivity index (χ4n) is 2.96. The van der Waals surface area contributed by atoms with E-state index >= 15 is 0 Å². The van der Waals surface area contributed by atoms with Crippen molar-refractivity contribution in [2.75, 3.05) is 26.3 Å². The van der Waals surface area contributed by atoms with Gasteiger partial charge in [-0.05, 0) is 64.4 Å². The number of nitrogens with two attached hydrogens (primary N) is 1. The smallest absolute Gasteiger partial charge is 0.161 e. The van der Waals surface area contributed by atoms with Crippen molar-refractivity contribution in [3.05, 3.63) is 23.8 Å². The zero-order valence-corrected chi connectivity index (χ0v) is 13.5. The van der Waals surface area contributed by atoms with Crippen molar-refractivity contribution < 1.29 is 9.47 Å². The van der Waals surface area contributed by atoms with Crippen LogP contribution >= 0.6 is 0 Å². The Morgan fingerprint density at radius 2 is 1.71 bits per heavy atom. The molecule has 0 bridgehead atoms. The number of benzene rings is 1. The summed E-state index contributed by atoms with van der Waals surface area (Å²) >= 11 is 0. The van der Waals surface area contributed by atoms with Crippen LogP contribution in [0.2, 0.25) is 0 Å². The third-order valence-electron chi connectivity index (χ3n) is 4.00. The molecule has 1 aliphatic heterocycles. The molecule has 1 saturated heterocycles. The van der Waals surface area contributed by atoms with E-state index in [1.807, 2.05) is 19.9 Å². The van der Waals surface area contributed by atoms with E-state index in [0.29, 0.717) is 13.2 Å². The normalized spacial score (nSPS) is 18.5. The van der Waals surface area contributed by atoms with Crippen LogP contribution in [0.25, 0.3) is 0 Å². The molecule has 0 aliphatic carbocycles. The van der Waals surface area contributed by atoms with Gasteiger partial charge in [-0.2, -0.15) is 0 Å². The van der Waals surface area contributed by atoms with Gasteiger partial charge in [-0.3, -0.25) is 4.90 Å². The highest BCUT2D eigenvalue weighted by molar-refractivity contribution is 5.43. The first-order valence-electron chi connectivity index (χ1n) is 7.99. The molecule has 0 spiro atoms. The predicted molar refractivity (Wildman–Crippen MR) is 85.9 cm³/mol. The molecule has 2 N–H and O–H groups in total. The lowest BCUT2D eigenvalue weighted by molar-refractivity contribution is 0.141. The number of hydrogen-bond acceptors (Lipinski definition) is 4. The number of ether oxygens (including phenoxy) is 2. The maximum absolute atomic E-state index is 6.53. The van der Waals surface area contributed by atoms with Gasteiger partial charge in [-0.25, -0.2) is 0 Å². The van der Waals surface area contributed by atoms with Gasteiger partial charge in [0.15, 0.2) is 11.5 Å². The summed E-state index contributed by atoms with van der Waals surface area (Å²) in [5.41, 5.74) is 7.42. The molecule has 1 atom stereocenters.